The highest BCUT2D eigenvalue weighted by Crippen LogP contribution is 2.38. The molecule has 0 aliphatic carbocycles. The molecule has 0 aliphatic rings. The van der Waals surface area contributed by atoms with E-state index in [2.05, 4.69) is 19.2 Å². The van der Waals surface area contributed by atoms with Crippen LogP contribution in [0.4, 0.5) is 0 Å². The van der Waals surface area contributed by atoms with Crippen molar-refractivity contribution < 1.29 is 32.9 Å². The van der Waals surface area contributed by atoms with Crippen LogP contribution < -0.4 is 10.2 Å². The third-order valence-corrected chi connectivity index (χ3v) is 8.31. The Bertz CT molecular complexity index is 644. The molecule has 0 fully saturated rings. The van der Waals surface area contributed by atoms with Gasteiger partial charge in [0.25, 0.3) is 7.82 Å². The predicted molar refractivity (Wildman–Crippen MR) is 164 cm³/mol. The van der Waals surface area contributed by atoms with E-state index in [1.165, 1.54) is 77.0 Å². The smallest absolute Gasteiger partial charge is 0.268 e. The summed E-state index contributed by atoms with van der Waals surface area (Å²) in [6.07, 6.45) is 21.7. The Morgan fingerprint density at radius 3 is 1.70 bits per heavy atom. The molecular weight excluding hydrogens is 527 g/mol. The number of hydrogen-bond acceptors (Lipinski definition) is 6. The molecule has 0 heterocycles. The Labute approximate surface area is 247 Å². The maximum absolute atomic E-state index is 12.4. The summed E-state index contributed by atoms with van der Waals surface area (Å²) < 4.78 is 22.9. The molecule has 0 radical (unpaired) electrons. The van der Waals surface area contributed by atoms with Crippen LogP contribution in [0, 0.1) is 0 Å². The highest BCUT2D eigenvalue weighted by atomic mass is 31.2. The number of unbranched alkanes of at least 4 members (excludes halogenated alkanes) is 16. The van der Waals surface area contributed by atoms with Crippen LogP contribution in [0.2, 0.25) is 0 Å². The minimum Gasteiger partial charge on any atom is -0.756 e. The van der Waals surface area contributed by atoms with Crippen molar-refractivity contribution in [3.8, 4) is 0 Å². The van der Waals surface area contributed by atoms with Gasteiger partial charge in [-0.1, -0.05) is 123 Å². The second kappa shape index (κ2) is 25.0. The number of likely N-dealkylation sites (N-methyl/N-ethyl adjacent to an activating group) is 1. The van der Waals surface area contributed by atoms with Crippen LogP contribution in [0.25, 0.3) is 0 Å². The Hall–Kier alpha value is -0.500. The maximum Gasteiger partial charge on any atom is 0.268 e. The summed E-state index contributed by atoms with van der Waals surface area (Å²) in [6, 6.07) is -0.787. The van der Waals surface area contributed by atoms with Crippen LogP contribution in [-0.4, -0.2) is 68.5 Å². The summed E-state index contributed by atoms with van der Waals surface area (Å²) in [4.78, 5) is 24.6. The summed E-state index contributed by atoms with van der Waals surface area (Å²) >= 11 is 0. The van der Waals surface area contributed by atoms with Crippen molar-refractivity contribution in [2.75, 3.05) is 40.9 Å². The molecule has 1 amide bonds. The normalized spacial score (nSPS) is 15.1. The molecule has 0 aromatic heterocycles. The second-order valence-electron chi connectivity index (χ2n) is 12.5. The van der Waals surface area contributed by atoms with E-state index in [1.807, 2.05) is 21.1 Å². The number of carbonyl (C=O) groups is 1. The lowest BCUT2D eigenvalue weighted by Gasteiger charge is -2.30. The standard InChI is InChI=1S/C31H65N2O6P/c1-6-8-10-11-12-13-14-15-16-17-18-19-20-21-23-24-30(34)29(32-31(35)25-22-9-7-2)28-39-40(36,37)38-27-26-33(3,4)5/h29-30,34H,6-28H2,1-5H3,(H-,32,35,36,37). The molecule has 0 rings (SSSR count). The molecule has 9 heteroatoms. The molecule has 0 aromatic rings. The van der Waals surface area contributed by atoms with Gasteiger partial charge < -0.3 is 28.8 Å². The Morgan fingerprint density at radius 2 is 1.23 bits per heavy atom. The maximum atomic E-state index is 12.4. The second-order valence-corrected chi connectivity index (χ2v) is 13.9. The first-order valence-corrected chi connectivity index (χ1v) is 17.8. The van der Waals surface area contributed by atoms with E-state index in [0.717, 1.165) is 38.5 Å². The Morgan fingerprint density at radius 1 is 0.775 bits per heavy atom. The molecule has 2 N–H and O–H groups in total. The fourth-order valence-electron chi connectivity index (χ4n) is 4.62. The van der Waals surface area contributed by atoms with E-state index in [-0.39, 0.29) is 19.1 Å². The zero-order chi connectivity index (χ0) is 30.1. The molecule has 3 atom stereocenters. The van der Waals surface area contributed by atoms with Crippen molar-refractivity contribution in [1.29, 1.82) is 0 Å². The third kappa shape index (κ3) is 26.4. The minimum atomic E-state index is -4.53. The summed E-state index contributed by atoms with van der Waals surface area (Å²) in [5.74, 6) is -0.190. The van der Waals surface area contributed by atoms with Crippen LogP contribution in [0.3, 0.4) is 0 Å². The first-order chi connectivity index (χ1) is 19.0. The number of rotatable bonds is 29. The summed E-state index contributed by atoms with van der Waals surface area (Å²) in [5, 5.41) is 13.6. The van der Waals surface area contributed by atoms with Gasteiger partial charge in [-0.3, -0.25) is 9.36 Å². The van der Waals surface area contributed by atoms with E-state index < -0.39 is 20.0 Å². The molecule has 0 saturated heterocycles. The fourth-order valence-corrected chi connectivity index (χ4v) is 5.35. The molecule has 8 nitrogen and oxygen atoms in total. The van der Waals surface area contributed by atoms with Crippen molar-refractivity contribution in [3.05, 3.63) is 0 Å². The quantitative estimate of drug-likeness (QED) is 0.0557. The van der Waals surface area contributed by atoms with Crippen LogP contribution in [0.1, 0.15) is 142 Å². The number of hydrogen-bond donors (Lipinski definition) is 2. The molecule has 0 aromatic carbocycles. The number of phosphoric ester groups is 1. The van der Waals surface area contributed by atoms with Crippen LogP contribution in [-0.2, 0) is 18.4 Å². The van der Waals surface area contributed by atoms with Crippen molar-refractivity contribution in [3.63, 3.8) is 0 Å². The highest BCUT2D eigenvalue weighted by Gasteiger charge is 2.24. The Balaban J connectivity index is 4.27. The summed E-state index contributed by atoms with van der Waals surface area (Å²) in [5.41, 5.74) is 0. The van der Waals surface area contributed by atoms with Gasteiger partial charge in [0, 0.05) is 6.42 Å². The van der Waals surface area contributed by atoms with Gasteiger partial charge in [-0.05, 0) is 12.8 Å². The lowest BCUT2D eigenvalue weighted by atomic mass is 10.0. The fraction of sp³-hybridized carbons (Fsp3) is 0.968. The average Bonchev–Trinajstić information content (AvgIpc) is 2.88. The first kappa shape index (κ1) is 39.5. The van der Waals surface area contributed by atoms with Gasteiger partial charge in [0.2, 0.25) is 5.91 Å². The summed E-state index contributed by atoms with van der Waals surface area (Å²) in [7, 11) is 1.30. The molecule has 240 valence electrons. The van der Waals surface area contributed by atoms with E-state index >= 15 is 0 Å². The molecule has 0 spiro atoms. The molecule has 0 bridgehead atoms. The van der Waals surface area contributed by atoms with E-state index in [1.54, 1.807) is 0 Å². The number of aliphatic hydroxyl groups is 1. The number of nitrogens with zero attached hydrogens (tertiary/aromatic N) is 1. The van der Waals surface area contributed by atoms with Gasteiger partial charge in [-0.2, -0.15) is 0 Å². The van der Waals surface area contributed by atoms with E-state index in [4.69, 9.17) is 9.05 Å². The van der Waals surface area contributed by atoms with Crippen molar-refractivity contribution in [1.82, 2.24) is 5.32 Å². The van der Waals surface area contributed by atoms with Crippen LogP contribution in [0.5, 0.6) is 0 Å². The third-order valence-electron chi connectivity index (χ3n) is 7.35. The number of nitrogens with one attached hydrogen (secondary N) is 1. The van der Waals surface area contributed by atoms with Crippen LogP contribution in [0.15, 0.2) is 0 Å². The Kier molecular flexibility index (Phi) is 24.7. The van der Waals surface area contributed by atoms with E-state index in [0.29, 0.717) is 23.9 Å². The number of amides is 1. The zero-order valence-electron chi connectivity index (χ0n) is 26.8. The number of quaternary nitrogens is 1. The van der Waals surface area contributed by atoms with Gasteiger partial charge in [-0.25, -0.2) is 0 Å². The van der Waals surface area contributed by atoms with Crippen molar-refractivity contribution >= 4 is 13.7 Å². The molecular formula is C31H65N2O6P. The van der Waals surface area contributed by atoms with Crippen molar-refractivity contribution in [2.45, 2.75) is 154 Å². The lowest BCUT2D eigenvalue weighted by molar-refractivity contribution is -0.870. The average molecular weight is 593 g/mol. The van der Waals surface area contributed by atoms with Gasteiger partial charge in [0.1, 0.15) is 13.2 Å². The van der Waals surface area contributed by atoms with Crippen LogP contribution >= 0.6 is 7.82 Å². The molecule has 3 unspecified atom stereocenters. The van der Waals surface area contributed by atoms with E-state index in [9.17, 15) is 19.4 Å². The number of aliphatic hydroxyl groups excluding tert-OH is 1. The first-order valence-electron chi connectivity index (χ1n) is 16.4. The number of phosphoric acid groups is 1. The van der Waals surface area contributed by atoms with Gasteiger partial charge in [-0.15, -0.1) is 0 Å². The summed E-state index contributed by atoms with van der Waals surface area (Å²) in [6.45, 7) is 4.52. The monoisotopic (exact) mass is 592 g/mol. The van der Waals surface area contributed by atoms with Crippen molar-refractivity contribution in [2.24, 2.45) is 0 Å². The molecule has 40 heavy (non-hydrogen) atoms. The topological polar surface area (TPSA) is 108 Å². The largest absolute Gasteiger partial charge is 0.756 e. The van der Waals surface area contributed by atoms with Gasteiger partial charge in [0.15, 0.2) is 0 Å². The number of carbonyl (C=O) groups excluding carboxylic acids is 1. The molecule has 0 aliphatic heterocycles. The molecule has 0 saturated carbocycles. The zero-order valence-corrected chi connectivity index (χ0v) is 27.7. The SMILES string of the molecule is CCCCCCCCCCCCCCCCCC(O)C(COP(=O)([O-])OCC[N+](C)(C)C)NC(=O)CCCCC. The minimum absolute atomic E-state index is 0.0139. The predicted octanol–water partition coefficient (Wildman–Crippen LogP) is 6.88. The lowest BCUT2D eigenvalue weighted by Crippen LogP contribution is -2.46. The van der Waals surface area contributed by atoms with Gasteiger partial charge >= 0.3 is 0 Å². The highest BCUT2D eigenvalue weighted by molar-refractivity contribution is 7.45. The van der Waals surface area contributed by atoms with Gasteiger partial charge in [0.05, 0.1) is 39.9 Å².